The van der Waals surface area contributed by atoms with Gasteiger partial charge in [-0.15, -0.1) is 0 Å². The topological polar surface area (TPSA) is 45.0 Å². The van der Waals surface area contributed by atoms with E-state index in [1.807, 2.05) is 0 Å². The van der Waals surface area contributed by atoms with Crippen molar-refractivity contribution in [2.45, 2.75) is 77.5 Å². The average molecular weight is 278 g/mol. The molecule has 0 aliphatic heterocycles. The van der Waals surface area contributed by atoms with Crippen molar-refractivity contribution in [2.75, 3.05) is 6.61 Å². The quantitative estimate of drug-likeness (QED) is 0.775. The van der Waals surface area contributed by atoms with Crippen molar-refractivity contribution in [2.24, 2.45) is 17.8 Å². The molecule has 0 radical (unpaired) electrons. The van der Waals surface area contributed by atoms with Crippen LogP contribution < -0.4 is 5.32 Å². The summed E-state index contributed by atoms with van der Waals surface area (Å²) in [6.45, 7) is 7.67. The van der Waals surface area contributed by atoms with Gasteiger partial charge in [0.1, 0.15) is 0 Å². The number of nitrogens with one attached hydrogen (secondary N) is 1. The van der Waals surface area contributed by atoms with Gasteiger partial charge in [0.2, 0.25) is 0 Å². The SMILES string of the molecule is CC1CCC(C(C)C)C(OCCC(C#N)NC2CC2)C1. The van der Waals surface area contributed by atoms with E-state index in [2.05, 4.69) is 32.2 Å². The van der Waals surface area contributed by atoms with Gasteiger partial charge in [0.25, 0.3) is 0 Å². The van der Waals surface area contributed by atoms with E-state index in [9.17, 15) is 0 Å². The maximum atomic E-state index is 9.15. The van der Waals surface area contributed by atoms with E-state index in [-0.39, 0.29) is 6.04 Å². The lowest BCUT2D eigenvalue weighted by Gasteiger charge is -2.37. The van der Waals surface area contributed by atoms with E-state index in [0.29, 0.717) is 24.0 Å². The summed E-state index contributed by atoms with van der Waals surface area (Å²) in [6.07, 6.45) is 7.51. The molecule has 1 N–H and O–H groups in total. The first-order valence-corrected chi connectivity index (χ1v) is 8.37. The van der Waals surface area contributed by atoms with Crippen molar-refractivity contribution in [1.29, 1.82) is 5.26 Å². The van der Waals surface area contributed by atoms with Gasteiger partial charge in [-0.25, -0.2) is 0 Å². The Bertz CT molecular complexity index is 332. The highest BCUT2D eigenvalue weighted by atomic mass is 16.5. The second-order valence-electron chi connectivity index (χ2n) is 7.15. The third-order valence-electron chi connectivity index (χ3n) is 4.87. The first kappa shape index (κ1) is 15.8. The summed E-state index contributed by atoms with van der Waals surface area (Å²) in [5.74, 6) is 2.18. The van der Waals surface area contributed by atoms with Crippen LogP contribution in [0.25, 0.3) is 0 Å². The van der Waals surface area contributed by atoms with E-state index in [4.69, 9.17) is 10.00 Å². The molecule has 0 aromatic rings. The first-order valence-electron chi connectivity index (χ1n) is 8.37. The molecule has 114 valence electrons. The Morgan fingerprint density at radius 2 is 2.00 bits per heavy atom. The van der Waals surface area contributed by atoms with Gasteiger partial charge in [-0.3, -0.25) is 5.32 Å². The molecule has 4 unspecified atom stereocenters. The molecule has 2 rings (SSSR count). The average Bonchev–Trinajstić information content (AvgIpc) is 3.21. The molecule has 0 amide bonds. The maximum Gasteiger partial charge on any atom is 0.0977 e. The minimum Gasteiger partial charge on any atom is -0.378 e. The third kappa shape index (κ3) is 4.75. The van der Waals surface area contributed by atoms with Gasteiger partial charge in [0.15, 0.2) is 0 Å². The highest BCUT2D eigenvalue weighted by molar-refractivity contribution is 4.95. The number of ether oxygens (including phenoxy) is 1. The summed E-state index contributed by atoms with van der Waals surface area (Å²) >= 11 is 0. The van der Waals surface area contributed by atoms with Crippen molar-refractivity contribution >= 4 is 0 Å². The fourth-order valence-corrected chi connectivity index (χ4v) is 3.36. The second kappa shape index (κ2) is 7.43. The number of hydrogen-bond acceptors (Lipinski definition) is 3. The zero-order valence-electron chi connectivity index (χ0n) is 13.3. The van der Waals surface area contributed by atoms with E-state index in [1.165, 1.54) is 32.1 Å². The van der Waals surface area contributed by atoms with Gasteiger partial charge >= 0.3 is 0 Å². The Hall–Kier alpha value is -0.590. The number of nitrogens with zero attached hydrogens (tertiary/aromatic N) is 1. The maximum absolute atomic E-state index is 9.15. The summed E-state index contributed by atoms with van der Waals surface area (Å²) in [5, 5.41) is 12.5. The van der Waals surface area contributed by atoms with Crippen LogP contribution in [0.5, 0.6) is 0 Å². The Morgan fingerprint density at radius 1 is 1.25 bits per heavy atom. The van der Waals surface area contributed by atoms with Gasteiger partial charge in [0.05, 0.1) is 18.2 Å². The molecule has 0 aromatic carbocycles. The van der Waals surface area contributed by atoms with Crippen molar-refractivity contribution in [1.82, 2.24) is 5.32 Å². The smallest absolute Gasteiger partial charge is 0.0977 e. The summed E-state index contributed by atoms with van der Waals surface area (Å²) < 4.78 is 6.17. The second-order valence-corrected chi connectivity index (χ2v) is 7.15. The Morgan fingerprint density at radius 3 is 2.60 bits per heavy atom. The lowest BCUT2D eigenvalue weighted by Crippen LogP contribution is -2.36. The number of rotatable bonds is 7. The molecule has 0 heterocycles. The van der Waals surface area contributed by atoms with Crippen LogP contribution in [0.3, 0.4) is 0 Å². The van der Waals surface area contributed by atoms with Gasteiger partial charge in [-0.2, -0.15) is 5.26 Å². The largest absolute Gasteiger partial charge is 0.378 e. The molecule has 2 saturated carbocycles. The molecular weight excluding hydrogens is 248 g/mol. The Balaban J connectivity index is 1.73. The van der Waals surface area contributed by atoms with Crippen LogP contribution in [0.1, 0.15) is 59.3 Å². The van der Waals surface area contributed by atoms with E-state index >= 15 is 0 Å². The summed E-state index contributed by atoms with van der Waals surface area (Å²) in [7, 11) is 0. The minimum absolute atomic E-state index is 0.0268. The molecular formula is C17H30N2O. The molecule has 0 spiro atoms. The van der Waals surface area contributed by atoms with E-state index in [1.54, 1.807) is 0 Å². The van der Waals surface area contributed by atoms with Gasteiger partial charge in [-0.1, -0.05) is 27.2 Å². The molecule has 0 aromatic heterocycles. The molecule has 3 heteroatoms. The number of nitriles is 1. The Labute approximate surface area is 124 Å². The number of hydrogen-bond donors (Lipinski definition) is 1. The lowest BCUT2D eigenvalue weighted by molar-refractivity contribution is -0.0399. The fraction of sp³-hybridized carbons (Fsp3) is 0.941. The molecule has 20 heavy (non-hydrogen) atoms. The van der Waals surface area contributed by atoms with E-state index < -0.39 is 0 Å². The molecule has 2 aliphatic rings. The van der Waals surface area contributed by atoms with Crippen LogP contribution in [0.2, 0.25) is 0 Å². The van der Waals surface area contributed by atoms with Crippen LogP contribution in [0, 0.1) is 29.1 Å². The fourth-order valence-electron chi connectivity index (χ4n) is 3.36. The molecule has 0 saturated heterocycles. The monoisotopic (exact) mass is 278 g/mol. The summed E-state index contributed by atoms with van der Waals surface area (Å²) in [5.41, 5.74) is 0. The first-order chi connectivity index (χ1) is 9.60. The van der Waals surface area contributed by atoms with Crippen LogP contribution >= 0.6 is 0 Å². The third-order valence-corrected chi connectivity index (χ3v) is 4.87. The summed E-state index contributed by atoms with van der Waals surface area (Å²) in [6, 6.07) is 2.93. The molecule has 2 fully saturated rings. The van der Waals surface area contributed by atoms with Crippen molar-refractivity contribution in [3.05, 3.63) is 0 Å². The zero-order chi connectivity index (χ0) is 14.5. The molecule has 4 atom stereocenters. The molecule has 0 bridgehead atoms. The van der Waals surface area contributed by atoms with Crippen LogP contribution in [-0.4, -0.2) is 24.8 Å². The predicted molar refractivity (Wildman–Crippen MR) is 81.3 cm³/mol. The standard InChI is InChI=1S/C17H30N2O/c1-12(2)16-7-4-13(3)10-17(16)20-9-8-15(11-18)19-14-5-6-14/h12-17,19H,4-10H2,1-3H3. The Kier molecular flexibility index (Phi) is 5.86. The van der Waals surface area contributed by atoms with E-state index in [0.717, 1.165) is 18.9 Å². The summed E-state index contributed by atoms with van der Waals surface area (Å²) in [4.78, 5) is 0. The zero-order valence-corrected chi connectivity index (χ0v) is 13.3. The molecule has 3 nitrogen and oxygen atoms in total. The normalized spacial score (nSPS) is 32.0. The van der Waals surface area contributed by atoms with Crippen molar-refractivity contribution in [3.8, 4) is 6.07 Å². The lowest BCUT2D eigenvalue weighted by atomic mass is 9.75. The van der Waals surface area contributed by atoms with Crippen LogP contribution in [0.4, 0.5) is 0 Å². The van der Waals surface area contributed by atoms with Crippen molar-refractivity contribution < 1.29 is 4.74 Å². The van der Waals surface area contributed by atoms with Gasteiger partial charge in [-0.05, 0) is 49.9 Å². The van der Waals surface area contributed by atoms with Gasteiger partial charge in [0, 0.05) is 12.6 Å². The minimum atomic E-state index is -0.0268. The highest BCUT2D eigenvalue weighted by Gasteiger charge is 2.31. The highest BCUT2D eigenvalue weighted by Crippen LogP contribution is 2.35. The van der Waals surface area contributed by atoms with Crippen LogP contribution in [0.15, 0.2) is 0 Å². The molecule has 2 aliphatic carbocycles. The van der Waals surface area contributed by atoms with Gasteiger partial charge < -0.3 is 4.74 Å². The predicted octanol–water partition coefficient (Wildman–Crippen LogP) is 3.50. The van der Waals surface area contributed by atoms with Crippen molar-refractivity contribution in [3.63, 3.8) is 0 Å². The van der Waals surface area contributed by atoms with Crippen LogP contribution in [-0.2, 0) is 4.74 Å².